The van der Waals surface area contributed by atoms with E-state index in [0.29, 0.717) is 0 Å². The Balaban J connectivity index is 4.47. The van der Waals surface area contributed by atoms with E-state index in [1.54, 1.807) is 0 Å². The fourth-order valence-electron chi connectivity index (χ4n) is 0.940. The third-order valence-electron chi connectivity index (χ3n) is 2.63. The molecule has 1 amide bonds. The van der Waals surface area contributed by atoms with Gasteiger partial charge >= 0.3 is 5.97 Å². The molecular weight excluding hydrogens is 274 g/mol. The molecule has 0 aromatic carbocycles. The van der Waals surface area contributed by atoms with Crippen molar-refractivity contribution in [3.8, 4) is 0 Å². The third kappa shape index (κ3) is 5.99. The standard InChI is InChI=1S/C10H21N3O5S/c1-10(2,9(11)15)7-12-19(16,17)13(3)6-5-8(14)18-4/h12H,5-7H2,1-4H3,(H2,11,15). The zero-order chi connectivity index (χ0) is 15.3. The number of nitrogens with two attached hydrogens (primary N) is 1. The molecule has 0 aliphatic rings. The molecule has 0 aromatic rings. The maximum absolute atomic E-state index is 11.8. The number of carbonyl (C=O) groups is 2. The summed E-state index contributed by atoms with van der Waals surface area (Å²) in [5.74, 6) is -1.10. The molecule has 112 valence electrons. The molecule has 0 saturated carbocycles. The number of amides is 1. The monoisotopic (exact) mass is 295 g/mol. The minimum Gasteiger partial charge on any atom is -0.469 e. The fraction of sp³-hybridized carbons (Fsp3) is 0.800. The fourth-order valence-corrected chi connectivity index (χ4v) is 2.04. The van der Waals surface area contributed by atoms with Crippen molar-refractivity contribution in [3.63, 3.8) is 0 Å². The lowest BCUT2D eigenvalue weighted by atomic mass is 9.93. The summed E-state index contributed by atoms with van der Waals surface area (Å²) in [5, 5.41) is 0. The Hall–Kier alpha value is -1.19. The van der Waals surface area contributed by atoms with Crippen molar-refractivity contribution in [2.24, 2.45) is 11.1 Å². The van der Waals surface area contributed by atoms with Crippen molar-refractivity contribution in [1.82, 2.24) is 9.03 Å². The van der Waals surface area contributed by atoms with Crippen LogP contribution in [0.25, 0.3) is 0 Å². The summed E-state index contributed by atoms with van der Waals surface area (Å²) in [4.78, 5) is 22.0. The van der Waals surface area contributed by atoms with E-state index < -0.39 is 27.5 Å². The maximum Gasteiger partial charge on any atom is 0.306 e. The van der Waals surface area contributed by atoms with Gasteiger partial charge in [0, 0.05) is 20.1 Å². The minimum atomic E-state index is -3.76. The second-order valence-corrected chi connectivity index (χ2v) is 6.58. The quantitative estimate of drug-likeness (QED) is 0.547. The Labute approximate surface area is 113 Å². The van der Waals surface area contributed by atoms with Crippen molar-refractivity contribution in [2.75, 3.05) is 27.2 Å². The van der Waals surface area contributed by atoms with Gasteiger partial charge in [0.25, 0.3) is 10.2 Å². The van der Waals surface area contributed by atoms with Crippen LogP contribution in [0, 0.1) is 5.41 Å². The second kappa shape index (κ2) is 6.83. The Bertz CT molecular complexity index is 432. The van der Waals surface area contributed by atoms with Crippen molar-refractivity contribution in [3.05, 3.63) is 0 Å². The molecule has 0 fully saturated rings. The summed E-state index contributed by atoms with van der Waals surface area (Å²) in [7, 11) is -1.21. The Morgan fingerprint density at radius 2 is 1.89 bits per heavy atom. The predicted octanol–water partition coefficient (Wildman–Crippen LogP) is -1.17. The zero-order valence-electron chi connectivity index (χ0n) is 11.6. The average molecular weight is 295 g/mol. The van der Waals surface area contributed by atoms with Gasteiger partial charge in [-0.25, -0.2) is 4.72 Å². The highest BCUT2D eigenvalue weighted by Gasteiger charge is 2.28. The Morgan fingerprint density at radius 3 is 2.32 bits per heavy atom. The Morgan fingerprint density at radius 1 is 1.37 bits per heavy atom. The number of primary amides is 1. The molecular formula is C10H21N3O5S. The van der Waals surface area contributed by atoms with Gasteiger partial charge in [-0.1, -0.05) is 0 Å². The lowest BCUT2D eigenvalue weighted by Crippen LogP contribution is -2.46. The first-order chi connectivity index (χ1) is 8.53. The van der Waals surface area contributed by atoms with E-state index in [1.165, 1.54) is 28.0 Å². The summed E-state index contributed by atoms with van der Waals surface area (Å²) in [6, 6.07) is 0. The van der Waals surface area contributed by atoms with Crippen LogP contribution in [-0.4, -0.2) is 51.8 Å². The van der Waals surface area contributed by atoms with Gasteiger partial charge < -0.3 is 10.5 Å². The van der Waals surface area contributed by atoms with Crippen molar-refractivity contribution in [1.29, 1.82) is 0 Å². The van der Waals surface area contributed by atoms with E-state index in [1.807, 2.05) is 0 Å². The van der Waals surface area contributed by atoms with Gasteiger partial charge in [-0.3, -0.25) is 9.59 Å². The van der Waals surface area contributed by atoms with Crippen LogP contribution in [0.1, 0.15) is 20.3 Å². The largest absolute Gasteiger partial charge is 0.469 e. The van der Waals surface area contributed by atoms with Crippen LogP contribution in [0.5, 0.6) is 0 Å². The lowest BCUT2D eigenvalue weighted by molar-refractivity contribution is -0.140. The van der Waals surface area contributed by atoms with Crippen LogP contribution >= 0.6 is 0 Å². The van der Waals surface area contributed by atoms with Crippen LogP contribution < -0.4 is 10.5 Å². The van der Waals surface area contributed by atoms with Crippen LogP contribution in [-0.2, 0) is 24.5 Å². The third-order valence-corrected chi connectivity index (χ3v) is 4.14. The first-order valence-electron chi connectivity index (χ1n) is 5.60. The number of methoxy groups -OCH3 is 1. The van der Waals surface area contributed by atoms with Crippen LogP contribution in [0.3, 0.4) is 0 Å². The molecule has 0 radical (unpaired) electrons. The molecule has 0 aromatic heterocycles. The highest BCUT2D eigenvalue weighted by Crippen LogP contribution is 2.12. The van der Waals surface area contributed by atoms with Crippen LogP contribution in [0.2, 0.25) is 0 Å². The summed E-state index contributed by atoms with van der Waals surface area (Å²) >= 11 is 0. The van der Waals surface area contributed by atoms with E-state index in [0.717, 1.165) is 4.31 Å². The number of nitrogens with one attached hydrogen (secondary N) is 1. The van der Waals surface area contributed by atoms with E-state index in [-0.39, 0.29) is 19.5 Å². The van der Waals surface area contributed by atoms with E-state index >= 15 is 0 Å². The van der Waals surface area contributed by atoms with E-state index in [9.17, 15) is 18.0 Å². The number of hydrogen-bond donors (Lipinski definition) is 2. The van der Waals surface area contributed by atoms with E-state index in [2.05, 4.69) is 9.46 Å². The number of esters is 1. The molecule has 0 rings (SSSR count). The number of nitrogens with zero attached hydrogens (tertiary/aromatic N) is 1. The zero-order valence-corrected chi connectivity index (χ0v) is 12.4. The molecule has 9 heteroatoms. The van der Waals surface area contributed by atoms with Crippen LogP contribution in [0.4, 0.5) is 0 Å². The molecule has 3 N–H and O–H groups in total. The molecule has 0 spiro atoms. The normalized spacial score (nSPS) is 12.5. The Kier molecular flexibility index (Phi) is 6.40. The first-order valence-corrected chi connectivity index (χ1v) is 7.04. The van der Waals surface area contributed by atoms with Gasteiger partial charge in [-0.05, 0) is 13.8 Å². The summed E-state index contributed by atoms with van der Waals surface area (Å²) in [6.07, 6.45) is -0.0485. The molecule has 0 aliphatic carbocycles. The lowest BCUT2D eigenvalue weighted by Gasteiger charge is -2.23. The van der Waals surface area contributed by atoms with Gasteiger partial charge in [0.05, 0.1) is 18.9 Å². The van der Waals surface area contributed by atoms with Gasteiger partial charge in [0.2, 0.25) is 5.91 Å². The van der Waals surface area contributed by atoms with E-state index in [4.69, 9.17) is 5.73 Å². The van der Waals surface area contributed by atoms with Gasteiger partial charge in [0.15, 0.2) is 0 Å². The number of rotatable bonds is 8. The van der Waals surface area contributed by atoms with Crippen molar-refractivity contribution >= 4 is 22.1 Å². The topological polar surface area (TPSA) is 119 Å². The highest BCUT2D eigenvalue weighted by molar-refractivity contribution is 7.87. The number of carbonyl (C=O) groups excluding carboxylic acids is 2. The molecule has 0 saturated heterocycles. The molecule has 8 nitrogen and oxygen atoms in total. The molecule has 0 unspecified atom stereocenters. The van der Waals surface area contributed by atoms with Crippen molar-refractivity contribution < 1.29 is 22.7 Å². The summed E-state index contributed by atoms with van der Waals surface area (Å²) in [6.45, 7) is 2.94. The SMILES string of the molecule is COC(=O)CCN(C)S(=O)(=O)NCC(C)(C)C(N)=O. The van der Waals surface area contributed by atoms with Gasteiger partial charge in [-0.15, -0.1) is 0 Å². The highest BCUT2D eigenvalue weighted by atomic mass is 32.2. The van der Waals surface area contributed by atoms with Gasteiger partial charge in [0.1, 0.15) is 0 Å². The smallest absolute Gasteiger partial charge is 0.306 e. The molecule has 0 heterocycles. The van der Waals surface area contributed by atoms with Crippen LogP contribution in [0.15, 0.2) is 0 Å². The van der Waals surface area contributed by atoms with Gasteiger partial charge in [-0.2, -0.15) is 12.7 Å². The second-order valence-electron chi connectivity index (χ2n) is 4.72. The predicted molar refractivity (Wildman–Crippen MR) is 69.2 cm³/mol. The van der Waals surface area contributed by atoms with Crippen molar-refractivity contribution in [2.45, 2.75) is 20.3 Å². The summed E-state index contributed by atoms with van der Waals surface area (Å²) < 4.78 is 31.3. The molecule has 19 heavy (non-hydrogen) atoms. The minimum absolute atomic E-state index is 0.0149. The maximum atomic E-state index is 11.8. The number of ether oxygens (including phenoxy) is 1. The average Bonchev–Trinajstić information content (AvgIpc) is 2.32. The summed E-state index contributed by atoms with van der Waals surface area (Å²) in [5.41, 5.74) is 4.15. The molecule has 0 aliphatic heterocycles. The number of hydrogen-bond acceptors (Lipinski definition) is 5. The first kappa shape index (κ1) is 17.8. The molecule has 0 atom stereocenters. The molecule has 0 bridgehead atoms.